The van der Waals surface area contributed by atoms with E-state index in [1.165, 1.54) is 16.2 Å². The summed E-state index contributed by atoms with van der Waals surface area (Å²) in [4.78, 5) is 31.4. The van der Waals surface area contributed by atoms with Gasteiger partial charge in [0.1, 0.15) is 24.2 Å². The predicted molar refractivity (Wildman–Crippen MR) is 132 cm³/mol. The number of hydrogen-bond acceptors (Lipinski definition) is 8. The van der Waals surface area contributed by atoms with Crippen LogP contribution in [0.15, 0.2) is 69.3 Å². The van der Waals surface area contributed by atoms with Crippen LogP contribution in [0.1, 0.15) is 12.5 Å². The maximum atomic E-state index is 12.6. The Morgan fingerprint density at radius 2 is 1.83 bits per heavy atom. The van der Waals surface area contributed by atoms with Gasteiger partial charge in [-0.3, -0.25) is 14.3 Å². The third kappa shape index (κ3) is 5.25. The Morgan fingerprint density at radius 3 is 2.51 bits per heavy atom. The number of aryl methyl sites for hydroxylation is 1. The van der Waals surface area contributed by atoms with Crippen molar-refractivity contribution in [3.63, 3.8) is 0 Å². The minimum absolute atomic E-state index is 0.0316. The summed E-state index contributed by atoms with van der Waals surface area (Å²) in [6.45, 7) is 1.76. The zero-order chi connectivity index (χ0) is 24.9. The monoisotopic (exact) mass is 478 g/mol. The van der Waals surface area contributed by atoms with Crippen molar-refractivity contribution in [2.45, 2.75) is 19.6 Å². The van der Waals surface area contributed by atoms with Crippen LogP contribution in [-0.4, -0.2) is 49.7 Å². The first-order chi connectivity index (χ1) is 16.9. The Morgan fingerprint density at radius 1 is 1.14 bits per heavy atom. The van der Waals surface area contributed by atoms with E-state index in [4.69, 9.17) is 9.47 Å². The molecule has 4 aromatic rings. The van der Waals surface area contributed by atoms with Crippen molar-refractivity contribution in [2.24, 2.45) is 12.1 Å². The average molecular weight is 479 g/mol. The Bertz CT molecular complexity index is 1450. The Kier molecular flexibility index (Phi) is 6.97. The molecule has 2 aromatic heterocycles. The van der Waals surface area contributed by atoms with Gasteiger partial charge in [-0.15, -0.1) is 0 Å². The van der Waals surface area contributed by atoms with Crippen LogP contribution in [0.2, 0.25) is 0 Å². The van der Waals surface area contributed by atoms with Crippen molar-refractivity contribution in [2.75, 3.05) is 19.1 Å². The summed E-state index contributed by atoms with van der Waals surface area (Å²) in [5.74, 6) is 1.45. The van der Waals surface area contributed by atoms with Crippen molar-refractivity contribution in [1.82, 2.24) is 19.1 Å². The number of hydrogen-bond donors (Lipinski definition) is 3. The summed E-state index contributed by atoms with van der Waals surface area (Å²) < 4.78 is 13.5. The Labute approximate surface area is 200 Å². The van der Waals surface area contributed by atoms with E-state index in [2.05, 4.69) is 20.5 Å². The smallest absolute Gasteiger partial charge is 0.329 e. The van der Waals surface area contributed by atoms with E-state index in [-0.39, 0.29) is 30.3 Å². The van der Waals surface area contributed by atoms with Crippen molar-refractivity contribution >= 4 is 22.8 Å². The molecule has 11 heteroatoms. The minimum Gasteiger partial charge on any atom is -0.497 e. The number of benzene rings is 2. The molecule has 0 aliphatic carbocycles. The number of H-pyrrole nitrogens is 1. The summed E-state index contributed by atoms with van der Waals surface area (Å²) in [6.07, 6.45) is -0.995. The molecule has 1 unspecified atom stereocenters. The fourth-order valence-electron chi connectivity index (χ4n) is 3.50. The SMILES string of the molecule is COc1ccc(OCC(O)Cn2c(N/N=C(\C)c3ccccc3)nc3c2c(=O)[nH]c(=O)n3C)cc1. The molecule has 0 radical (unpaired) electrons. The van der Waals surface area contributed by atoms with E-state index < -0.39 is 17.4 Å². The predicted octanol–water partition coefficient (Wildman–Crippen LogP) is 1.71. The number of aromatic amines is 1. The molecule has 11 nitrogen and oxygen atoms in total. The number of methoxy groups -OCH3 is 1. The van der Waals surface area contributed by atoms with Gasteiger partial charge in [-0.05, 0) is 36.8 Å². The van der Waals surface area contributed by atoms with Crippen LogP contribution in [0.3, 0.4) is 0 Å². The molecule has 0 aliphatic rings. The lowest BCUT2D eigenvalue weighted by molar-refractivity contribution is 0.0938. The van der Waals surface area contributed by atoms with Crippen LogP contribution >= 0.6 is 0 Å². The summed E-state index contributed by atoms with van der Waals surface area (Å²) in [6, 6.07) is 16.5. The second kappa shape index (κ2) is 10.3. The number of hydrazone groups is 1. The molecule has 0 saturated heterocycles. The van der Waals surface area contributed by atoms with E-state index in [0.29, 0.717) is 17.2 Å². The van der Waals surface area contributed by atoms with Crippen LogP contribution in [0.4, 0.5) is 5.95 Å². The lowest BCUT2D eigenvalue weighted by atomic mass is 10.1. The summed E-state index contributed by atoms with van der Waals surface area (Å²) in [5.41, 5.74) is 3.55. The molecule has 0 bridgehead atoms. The number of imidazole rings is 1. The summed E-state index contributed by atoms with van der Waals surface area (Å²) in [5, 5.41) is 15.1. The molecule has 2 heterocycles. The highest BCUT2D eigenvalue weighted by molar-refractivity contribution is 5.99. The number of nitrogens with zero attached hydrogens (tertiary/aromatic N) is 4. The van der Waals surface area contributed by atoms with Gasteiger partial charge in [-0.25, -0.2) is 10.2 Å². The normalized spacial score (nSPS) is 12.5. The number of nitrogens with one attached hydrogen (secondary N) is 2. The Balaban J connectivity index is 1.62. The second-order valence-corrected chi connectivity index (χ2v) is 7.85. The molecular formula is C24H26N6O5. The number of ether oxygens (including phenoxy) is 2. The van der Waals surface area contributed by atoms with Crippen molar-refractivity contribution in [3.05, 3.63) is 81.0 Å². The van der Waals surface area contributed by atoms with Gasteiger partial charge in [-0.1, -0.05) is 30.3 Å². The molecule has 182 valence electrons. The molecule has 0 saturated carbocycles. The molecule has 3 N–H and O–H groups in total. The number of aliphatic hydroxyl groups is 1. The highest BCUT2D eigenvalue weighted by atomic mass is 16.5. The molecule has 0 spiro atoms. The zero-order valence-electron chi connectivity index (χ0n) is 19.6. The topological polar surface area (TPSA) is 136 Å². The van der Waals surface area contributed by atoms with E-state index >= 15 is 0 Å². The van der Waals surface area contributed by atoms with Crippen LogP contribution in [-0.2, 0) is 13.6 Å². The third-order valence-electron chi connectivity index (χ3n) is 5.42. The zero-order valence-corrected chi connectivity index (χ0v) is 19.6. The van der Waals surface area contributed by atoms with Gasteiger partial charge in [0.15, 0.2) is 11.2 Å². The number of aliphatic hydroxyl groups excluding tert-OH is 1. The highest BCUT2D eigenvalue weighted by Crippen LogP contribution is 2.19. The van der Waals surface area contributed by atoms with Gasteiger partial charge in [0.25, 0.3) is 5.56 Å². The van der Waals surface area contributed by atoms with Gasteiger partial charge in [-0.2, -0.15) is 10.1 Å². The lowest BCUT2D eigenvalue weighted by Crippen LogP contribution is -2.30. The van der Waals surface area contributed by atoms with E-state index in [0.717, 1.165) is 5.56 Å². The van der Waals surface area contributed by atoms with Gasteiger partial charge in [0, 0.05) is 7.05 Å². The molecule has 35 heavy (non-hydrogen) atoms. The Hall–Kier alpha value is -4.38. The fraction of sp³-hybridized carbons (Fsp3) is 0.250. The molecular weight excluding hydrogens is 452 g/mol. The summed E-state index contributed by atoms with van der Waals surface area (Å²) in [7, 11) is 3.08. The van der Waals surface area contributed by atoms with Crippen molar-refractivity contribution in [1.29, 1.82) is 0 Å². The first-order valence-corrected chi connectivity index (χ1v) is 10.9. The third-order valence-corrected chi connectivity index (χ3v) is 5.42. The molecule has 2 aromatic carbocycles. The number of aromatic nitrogens is 4. The number of rotatable bonds is 9. The van der Waals surface area contributed by atoms with Crippen molar-refractivity contribution in [3.8, 4) is 11.5 Å². The van der Waals surface area contributed by atoms with Crippen LogP contribution in [0.5, 0.6) is 11.5 Å². The van der Waals surface area contributed by atoms with Crippen LogP contribution in [0, 0.1) is 0 Å². The average Bonchev–Trinajstić information content (AvgIpc) is 3.24. The van der Waals surface area contributed by atoms with E-state index in [9.17, 15) is 14.7 Å². The van der Waals surface area contributed by atoms with Gasteiger partial charge < -0.3 is 19.1 Å². The van der Waals surface area contributed by atoms with Crippen molar-refractivity contribution < 1.29 is 14.6 Å². The highest BCUT2D eigenvalue weighted by Gasteiger charge is 2.20. The maximum Gasteiger partial charge on any atom is 0.329 e. The first kappa shape index (κ1) is 23.8. The van der Waals surface area contributed by atoms with Gasteiger partial charge in [0.2, 0.25) is 5.95 Å². The second-order valence-electron chi connectivity index (χ2n) is 7.85. The van der Waals surface area contributed by atoms with Gasteiger partial charge in [0.05, 0.1) is 19.4 Å². The molecule has 1 atom stereocenters. The molecule has 0 aliphatic heterocycles. The maximum absolute atomic E-state index is 12.6. The van der Waals surface area contributed by atoms with Gasteiger partial charge >= 0.3 is 5.69 Å². The van der Waals surface area contributed by atoms with E-state index in [1.807, 2.05) is 37.3 Å². The summed E-state index contributed by atoms with van der Waals surface area (Å²) >= 11 is 0. The molecule has 0 fully saturated rings. The van der Waals surface area contributed by atoms with Crippen LogP contribution < -0.4 is 26.1 Å². The first-order valence-electron chi connectivity index (χ1n) is 10.9. The minimum atomic E-state index is -0.995. The molecule has 0 amide bonds. The quantitative estimate of drug-likeness (QED) is 0.246. The molecule has 4 rings (SSSR count). The standard InChI is InChI=1S/C24H26N6O5/c1-15(16-7-5-4-6-8-16)27-28-23-25-21-20(22(32)26-24(33)29(21)2)30(23)13-17(31)14-35-19-11-9-18(34-3)10-12-19/h4-12,17,31H,13-14H2,1-3H3,(H,25,28)(H,26,32,33)/b27-15+. The fourth-order valence-corrected chi connectivity index (χ4v) is 3.50. The lowest BCUT2D eigenvalue weighted by Gasteiger charge is -2.15. The van der Waals surface area contributed by atoms with Crippen LogP contribution in [0.25, 0.3) is 11.2 Å². The number of anilines is 1. The van der Waals surface area contributed by atoms with E-state index in [1.54, 1.807) is 31.4 Å². The largest absolute Gasteiger partial charge is 0.497 e. The number of fused-ring (bicyclic) bond motifs is 1.